The summed E-state index contributed by atoms with van der Waals surface area (Å²) in [7, 11) is 1.83. The summed E-state index contributed by atoms with van der Waals surface area (Å²) in [6, 6.07) is 23.6. The molecule has 3 aromatic carbocycles. The maximum absolute atomic E-state index is 14.1. The lowest BCUT2D eigenvalue weighted by molar-refractivity contribution is -0.158. The van der Waals surface area contributed by atoms with Crippen LogP contribution < -0.4 is 5.32 Å². The zero-order chi connectivity index (χ0) is 29.2. The Kier molecular flexibility index (Phi) is 7.41. The van der Waals surface area contributed by atoms with E-state index in [4.69, 9.17) is 0 Å². The maximum Gasteiger partial charge on any atom is 0.332 e. The van der Waals surface area contributed by atoms with E-state index < -0.39 is 12.2 Å². The van der Waals surface area contributed by atoms with E-state index in [1.165, 1.54) is 5.01 Å². The van der Waals surface area contributed by atoms with Gasteiger partial charge in [-0.3, -0.25) is 14.6 Å². The third-order valence-electron chi connectivity index (χ3n) is 7.75. The topological polar surface area (TPSA) is 107 Å². The number of amides is 4. The number of aromatic nitrogens is 3. The summed E-state index contributed by atoms with van der Waals surface area (Å²) in [5, 5.41) is 14.5. The molecule has 0 spiro atoms. The number of urea groups is 1. The molecule has 1 aromatic heterocycles. The Bertz CT molecular complexity index is 1620. The molecule has 0 bridgehead atoms. The van der Waals surface area contributed by atoms with Gasteiger partial charge in [-0.25, -0.2) is 9.48 Å². The minimum absolute atomic E-state index is 0.0344. The number of carbonyl (C=O) groups is 3. The minimum atomic E-state index is -0.819. The van der Waals surface area contributed by atoms with Gasteiger partial charge in [0, 0.05) is 20.1 Å². The first kappa shape index (κ1) is 27.2. The largest absolute Gasteiger partial charge is 0.333 e. The van der Waals surface area contributed by atoms with Crippen molar-refractivity contribution in [2.24, 2.45) is 7.05 Å². The molecule has 0 aliphatic carbocycles. The molecular formula is C31H32N8O3. The molecule has 4 amide bonds. The summed E-state index contributed by atoms with van der Waals surface area (Å²) in [6.07, 6.45) is 1.08. The van der Waals surface area contributed by atoms with E-state index in [-0.39, 0.29) is 37.5 Å². The molecule has 3 heterocycles. The van der Waals surface area contributed by atoms with E-state index >= 15 is 0 Å². The zero-order valence-electron chi connectivity index (χ0n) is 23.3. The van der Waals surface area contributed by atoms with Crippen molar-refractivity contribution in [1.29, 1.82) is 0 Å². The summed E-state index contributed by atoms with van der Waals surface area (Å²) in [4.78, 5) is 44.5. The van der Waals surface area contributed by atoms with Crippen molar-refractivity contribution in [1.82, 2.24) is 40.1 Å². The molecule has 2 fully saturated rings. The molecule has 0 unspecified atom stereocenters. The highest BCUT2D eigenvalue weighted by molar-refractivity contribution is 5.92. The van der Waals surface area contributed by atoms with Crippen LogP contribution in [0.4, 0.5) is 4.79 Å². The lowest BCUT2D eigenvalue weighted by Crippen LogP contribution is -2.62. The highest BCUT2D eigenvalue weighted by Gasteiger charge is 2.52. The average molecular weight is 565 g/mol. The average Bonchev–Trinajstić information content (AvgIpc) is 3.54. The highest BCUT2D eigenvalue weighted by atomic mass is 16.2. The normalized spacial score (nSPS) is 18.8. The molecule has 0 radical (unpaired) electrons. The second-order valence-electron chi connectivity index (χ2n) is 10.5. The van der Waals surface area contributed by atoms with Gasteiger partial charge in [0.2, 0.25) is 5.91 Å². The van der Waals surface area contributed by atoms with Crippen molar-refractivity contribution in [2.75, 3.05) is 19.6 Å². The van der Waals surface area contributed by atoms with E-state index in [0.717, 1.165) is 27.7 Å². The van der Waals surface area contributed by atoms with E-state index in [1.807, 2.05) is 85.9 Å². The molecule has 6 rings (SSSR count). The summed E-state index contributed by atoms with van der Waals surface area (Å²) in [5.74, 6) is -0.386. The lowest BCUT2D eigenvalue weighted by atomic mass is 10.00. The number of carbonyl (C=O) groups excluding carboxylic acids is 3. The first-order valence-electron chi connectivity index (χ1n) is 13.8. The Morgan fingerprint density at radius 1 is 1.05 bits per heavy atom. The Labute approximate surface area is 243 Å². The van der Waals surface area contributed by atoms with Gasteiger partial charge >= 0.3 is 6.03 Å². The number of nitrogens with one attached hydrogen (secondary N) is 1. The molecule has 2 atom stereocenters. The number of rotatable bonds is 8. The highest BCUT2D eigenvalue weighted by Crippen LogP contribution is 2.36. The van der Waals surface area contributed by atoms with Gasteiger partial charge in [0.05, 0.1) is 25.2 Å². The van der Waals surface area contributed by atoms with Gasteiger partial charge in [-0.05, 0) is 28.8 Å². The van der Waals surface area contributed by atoms with E-state index in [9.17, 15) is 14.4 Å². The number of nitrogens with zero attached hydrogens (tertiary/aromatic N) is 7. The van der Waals surface area contributed by atoms with Crippen molar-refractivity contribution < 1.29 is 14.4 Å². The van der Waals surface area contributed by atoms with Crippen LogP contribution in [0.3, 0.4) is 0 Å². The quantitative estimate of drug-likeness (QED) is 0.330. The number of hydrogen-bond acceptors (Lipinski definition) is 6. The van der Waals surface area contributed by atoms with Crippen LogP contribution in [-0.2, 0) is 29.7 Å². The lowest BCUT2D eigenvalue weighted by Gasteiger charge is -2.46. The molecular weight excluding hydrogens is 532 g/mol. The van der Waals surface area contributed by atoms with Crippen molar-refractivity contribution in [3.8, 4) is 0 Å². The Morgan fingerprint density at radius 2 is 1.79 bits per heavy atom. The van der Waals surface area contributed by atoms with Crippen molar-refractivity contribution in [2.45, 2.75) is 25.3 Å². The van der Waals surface area contributed by atoms with Gasteiger partial charge < -0.3 is 15.1 Å². The standard InChI is InChI=1S/C31H32N8O3/c1-3-16-37(31(42)32-18-22-10-6-4-7-11-22)38-21-28(40)39-27(38)20-36(30(41)29(39)24-12-8-5-9-13-24)19-23-14-15-26-25(17-23)33-34-35(26)2/h3-15,17,27,29H,1,16,18-21H2,2H3,(H,32,42)/t27-,29+/m1/s1. The van der Waals surface area contributed by atoms with E-state index in [2.05, 4.69) is 22.2 Å². The first-order chi connectivity index (χ1) is 20.4. The van der Waals surface area contributed by atoms with Crippen molar-refractivity contribution in [3.63, 3.8) is 0 Å². The van der Waals surface area contributed by atoms with Crippen molar-refractivity contribution in [3.05, 3.63) is 108 Å². The molecule has 0 saturated carbocycles. The van der Waals surface area contributed by atoms with Crippen LogP contribution in [0.1, 0.15) is 22.7 Å². The Balaban J connectivity index is 1.31. The van der Waals surface area contributed by atoms with Crippen LogP contribution in [0.15, 0.2) is 91.5 Å². The van der Waals surface area contributed by atoms with Crippen LogP contribution in [-0.4, -0.2) is 78.5 Å². The fourth-order valence-corrected chi connectivity index (χ4v) is 5.74. The molecule has 4 aromatic rings. The third-order valence-corrected chi connectivity index (χ3v) is 7.75. The number of hydrogen-bond donors (Lipinski definition) is 1. The maximum atomic E-state index is 14.1. The molecule has 11 heteroatoms. The van der Waals surface area contributed by atoms with Gasteiger partial charge in [-0.15, -0.1) is 11.7 Å². The molecule has 2 aliphatic heterocycles. The van der Waals surface area contributed by atoms with Crippen LogP contribution in [0.25, 0.3) is 11.0 Å². The second-order valence-corrected chi connectivity index (χ2v) is 10.5. The van der Waals surface area contributed by atoms with Crippen LogP contribution in [0.2, 0.25) is 0 Å². The second kappa shape index (κ2) is 11.5. The third kappa shape index (κ3) is 5.10. The van der Waals surface area contributed by atoms with Gasteiger partial charge in [0.15, 0.2) is 0 Å². The summed E-state index contributed by atoms with van der Waals surface area (Å²) in [5.41, 5.74) is 4.22. The number of hydrazine groups is 1. The van der Waals surface area contributed by atoms with E-state index in [1.54, 1.807) is 25.6 Å². The fraction of sp³-hybridized carbons (Fsp3) is 0.258. The van der Waals surface area contributed by atoms with Gasteiger partial charge in [0.25, 0.3) is 5.91 Å². The predicted octanol–water partition coefficient (Wildman–Crippen LogP) is 2.83. The molecule has 214 valence electrons. The van der Waals surface area contributed by atoms with Gasteiger partial charge in [-0.1, -0.05) is 78.0 Å². The van der Waals surface area contributed by atoms with Gasteiger partial charge in [-0.2, -0.15) is 5.01 Å². The number of benzene rings is 3. The molecule has 42 heavy (non-hydrogen) atoms. The fourth-order valence-electron chi connectivity index (χ4n) is 5.74. The van der Waals surface area contributed by atoms with Crippen LogP contribution in [0.5, 0.6) is 0 Å². The number of fused-ring (bicyclic) bond motifs is 2. The minimum Gasteiger partial charge on any atom is -0.333 e. The van der Waals surface area contributed by atoms with Crippen LogP contribution >= 0.6 is 0 Å². The molecule has 11 nitrogen and oxygen atoms in total. The SMILES string of the molecule is C=CCN(C(=O)NCc1ccccc1)N1CC(=O)N2[C@@H](c3ccccc3)C(=O)N(Cc3ccc4c(c3)nnn4C)C[C@@H]21. The monoisotopic (exact) mass is 564 g/mol. The molecule has 2 aliphatic rings. The summed E-state index contributed by atoms with van der Waals surface area (Å²) < 4.78 is 1.70. The van der Waals surface area contributed by atoms with Crippen molar-refractivity contribution >= 4 is 28.9 Å². The first-order valence-corrected chi connectivity index (χ1v) is 13.8. The molecule has 2 saturated heterocycles. The van der Waals surface area contributed by atoms with Gasteiger partial charge in [0.1, 0.15) is 17.7 Å². The zero-order valence-corrected chi connectivity index (χ0v) is 23.3. The number of aryl methyl sites for hydroxylation is 1. The summed E-state index contributed by atoms with van der Waals surface area (Å²) in [6.45, 7) is 4.90. The predicted molar refractivity (Wildman–Crippen MR) is 156 cm³/mol. The smallest absolute Gasteiger partial charge is 0.332 e. The summed E-state index contributed by atoms with van der Waals surface area (Å²) >= 11 is 0. The molecule has 1 N–H and O–H groups in total. The number of piperazine rings is 1. The van der Waals surface area contributed by atoms with Crippen LogP contribution in [0, 0.1) is 0 Å². The Hall–Kier alpha value is -5.03. The van der Waals surface area contributed by atoms with E-state index in [0.29, 0.717) is 13.1 Å². The Morgan fingerprint density at radius 3 is 2.52 bits per heavy atom.